The van der Waals surface area contributed by atoms with Gasteiger partial charge < -0.3 is 0 Å². The van der Waals surface area contributed by atoms with E-state index in [1.54, 1.807) is 6.08 Å². The highest BCUT2D eigenvalue weighted by Gasteiger charge is 2.23. The number of benzene rings is 2. The number of rotatable bonds is 3. The Kier molecular flexibility index (Phi) is 4.68. The summed E-state index contributed by atoms with van der Waals surface area (Å²) in [4.78, 5) is -0.629. The number of hydrogen-bond acceptors (Lipinski definition) is 2. The van der Waals surface area contributed by atoms with Gasteiger partial charge in [-0.3, -0.25) is 0 Å². The van der Waals surface area contributed by atoms with Crippen LogP contribution in [0.5, 0.6) is 0 Å². The molecular weight excluding hydrogens is 410 g/mol. The van der Waals surface area contributed by atoms with Crippen LogP contribution in [0.4, 0.5) is 8.78 Å². The molecule has 2 aromatic rings. The third-order valence-electron chi connectivity index (χ3n) is 4.13. The minimum atomic E-state index is -3.83. The highest BCUT2D eigenvalue weighted by molar-refractivity contribution is 9.10. The van der Waals surface area contributed by atoms with Crippen LogP contribution in [0.25, 0.3) is 11.1 Å². The van der Waals surface area contributed by atoms with Gasteiger partial charge in [0.15, 0.2) is 9.84 Å². The van der Waals surface area contributed by atoms with Gasteiger partial charge in [0.25, 0.3) is 0 Å². The number of hydrogen-bond donors (Lipinski definition) is 0. The highest BCUT2D eigenvalue weighted by Crippen LogP contribution is 2.39. The minimum Gasteiger partial charge on any atom is -0.224 e. The molecule has 130 valence electrons. The molecule has 0 aliphatic heterocycles. The van der Waals surface area contributed by atoms with E-state index in [-0.39, 0.29) is 5.56 Å². The third kappa shape index (κ3) is 3.46. The Labute approximate surface area is 153 Å². The van der Waals surface area contributed by atoms with E-state index in [0.717, 1.165) is 39.6 Å². The molecule has 0 spiro atoms. The molecule has 0 bridgehead atoms. The summed E-state index contributed by atoms with van der Waals surface area (Å²) in [5.74, 6) is -1.71. The van der Waals surface area contributed by atoms with Gasteiger partial charge in [0.2, 0.25) is 0 Å². The quantitative estimate of drug-likeness (QED) is 0.668. The fourth-order valence-corrected chi connectivity index (χ4v) is 3.93. The molecule has 6 heteroatoms. The van der Waals surface area contributed by atoms with Gasteiger partial charge in [-0.2, -0.15) is 0 Å². The molecule has 2 nitrogen and oxygen atoms in total. The first-order chi connectivity index (χ1) is 11.7. The van der Waals surface area contributed by atoms with Crippen molar-refractivity contribution in [3.05, 3.63) is 75.3 Å². The number of allylic oxidation sites excluding steroid dienone is 4. The molecule has 0 unspecified atom stereocenters. The SMILES string of the molecule is Cc1ccc(C2=CCC=C2c2cc(F)c(S(C)(=O)=O)cc2F)cc1Br. The third-order valence-corrected chi connectivity index (χ3v) is 6.09. The van der Waals surface area contributed by atoms with E-state index < -0.39 is 26.4 Å². The van der Waals surface area contributed by atoms with Crippen LogP contribution in [0.2, 0.25) is 0 Å². The normalized spacial score (nSPS) is 14.4. The Bertz CT molecular complexity index is 1040. The van der Waals surface area contributed by atoms with E-state index in [2.05, 4.69) is 15.9 Å². The van der Waals surface area contributed by atoms with Crippen molar-refractivity contribution < 1.29 is 17.2 Å². The molecule has 2 aromatic carbocycles. The van der Waals surface area contributed by atoms with Crippen LogP contribution in [0, 0.1) is 18.6 Å². The Morgan fingerprint density at radius 1 is 1.00 bits per heavy atom. The maximum absolute atomic E-state index is 14.5. The maximum Gasteiger partial charge on any atom is 0.178 e. The van der Waals surface area contributed by atoms with Crippen molar-refractivity contribution in [3.63, 3.8) is 0 Å². The van der Waals surface area contributed by atoms with Gasteiger partial charge in [-0.05, 0) is 53.8 Å². The van der Waals surface area contributed by atoms with Gasteiger partial charge in [0, 0.05) is 16.3 Å². The van der Waals surface area contributed by atoms with Crippen molar-refractivity contribution in [2.45, 2.75) is 18.2 Å². The number of sulfone groups is 1. The van der Waals surface area contributed by atoms with Crippen LogP contribution in [-0.4, -0.2) is 14.7 Å². The van der Waals surface area contributed by atoms with Crippen molar-refractivity contribution in [2.75, 3.05) is 6.26 Å². The largest absolute Gasteiger partial charge is 0.224 e. The van der Waals surface area contributed by atoms with Crippen LogP contribution in [0.3, 0.4) is 0 Å². The molecule has 0 heterocycles. The number of aryl methyl sites for hydroxylation is 1. The fourth-order valence-electron chi connectivity index (χ4n) is 2.82. The van der Waals surface area contributed by atoms with Crippen molar-refractivity contribution in [2.24, 2.45) is 0 Å². The zero-order valence-electron chi connectivity index (χ0n) is 13.6. The molecule has 0 atom stereocenters. The van der Waals surface area contributed by atoms with E-state index >= 15 is 0 Å². The first-order valence-electron chi connectivity index (χ1n) is 7.55. The van der Waals surface area contributed by atoms with Crippen LogP contribution < -0.4 is 0 Å². The molecule has 3 rings (SSSR count). The van der Waals surface area contributed by atoms with Crippen molar-refractivity contribution in [3.8, 4) is 0 Å². The lowest BCUT2D eigenvalue weighted by atomic mass is 9.94. The van der Waals surface area contributed by atoms with Crippen LogP contribution in [-0.2, 0) is 9.84 Å². The fraction of sp³-hybridized carbons (Fsp3) is 0.158. The summed E-state index contributed by atoms with van der Waals surface area (Å²) in [6.07, 6.45) is 5.20. The lowest BCUT2D eigenvalue weighted by Crippen LogP contribution is -2.04. The second-order valence-corrected chi connectivity index (χ2v) is 8.81. The highest BCUT2D eigenvalue weighted by atomic mass is 79.9. The first kappa shape index (κ1) is 18.0. The zero-order chi connectivity index (χ0) is 18.4. The molecule has 0 fully saturated rings. The van der Waals surface area contributed by atoms with Crippen molar-refractivity contribution in [1.29, 1.82) is 0 Å². The maximum atomic E-state index is 14.5. The Morgan fingerprint density at radius 3 is 2.32 bits per heavy atom. The predicted octanol–water partition coefficient (Wildman–Crippen LogP) is 5.31. The number of halogens is 3. The second kappa shape index (κ2) is 6.50. The average molecular weight is 425 g/mol. The van der Waals surface area contributed by atoms with Gasteiger partial charge in [-0.25, -0.2) is 17.2 Å². The summed E-state index contributed by atoms with van der Waals surface area (Å²) < 4.78 is 52.8. The van der Waals surface area contributed by atoms with E-state index in [1.807, 2.05) is 31.2 Å². The molecule has 0 radical (unpaired) electrons. The van der Waals surface area contributed by atoms with Crippen LogP contribution >= 0.6 is 15.9 Å². The summed E-state index contributed by atoms with van der Waals surface area (Å²) >= 11 is 3.48. The summed E-state index contributed by atoms with van der Waals surface area (Å²) in [5.41, 5.74) is 3.37. The molecule has 1 aliphatic rings. The van der Waals surface area contributed by atoms with E-state index in [0.29, 0.717) is 12.0 Å². The smallest absolute Gasteiger partial charge is 0.178 e. The molecule has 0 saturated heterocycles. The average Bonchev–Trinajstić information content (AvgIpc) is 3.00. The predicted molar refractivity (Wildman–Crippen MR) is 98.9 cm³/mol. The molecule has 0 saturated carbocycles. The lowest BCUT2D eigenvalue weighted by molar-refractivity contribution is 0.554. The monoisotopic (exact) mass is 424 g/mol. The zero-order valence-corrected chi connectivity index (χ0v) is 16.0. The Hall–Kier alpha value is -1.79. The standard InChI is InChI=1S/C19H15BrF2O2S/c1-11-6-7-12(8-16(11)20)13-4-3-5-14(13)15-9-18(22)19(10-17(15)21)25(2,23)24/h4-10H,3H2,1-2H3. The summed E-state index contributed by atoms with van der Waals surface area (Å²) in [7, 11) is -3.83. The van der Waals surface area contributed by atoms with E-state index in [1.165, 1.54) is 0 Å². The van der Waals surface area contributed by atoms with Crippen molar-refractivity contribution >= 4 is 36.9 Å². The topological polar surface area (TPSA) is 34.1 Å². The van der Waals surface area contributed by atoms with Gasteiger partial charge in [0.1, 0.15) is 16.5 Å². The molecular formula is C19H15BrF2O2S. The molecule has 0 amide bonds. The van der Waals surface area contributed by atoms with Crippen molar-refractivity contribution in [1.82, 2.24) is 0 Å². The van der Waals surface area contributed by atoms with Gasteiger partial charge in [-0.15, -0.1) is 0 Å². The molecule has 0 N–H and O–H groups in total. The Balaban J connectivity index is 2.09. The summed E-state index contributed by atoms with van der Waals surface area (Å²) in [5, 5.41) is 0. The Morgan fingerprint density at radius 2 is 1.68 bits per heavy atom. The molecule has 25 heavy (non-hydrogen) atoms. The summed E-state index contributed by atoms with van der Waals surface area (Å²) in [6, 6.07) is 7.51. The van der Waals surface area contributed by atoms with Crippen LogP contribution in [0.1, 0.15) is 23.1 Å². The first-order valence-corrected chi connectivity index (χ1v) is 10.2. The van der Waals surface area contributed by atoms with Gasteiger partial charge in [-0.1, -0.05) is 40.2 Å². The van der Waals surface area contributed by atoms with E-state index in [4.69, 9.17) is 0 Å². The second-order valence-electron chi connectivity index (χ2n) is 5.97. The van der Waals surface area contributed by atoms with Gasteiger partial charge in [0.05, 0.1) is 0 Å². The van der Waals surface area contributed by atoms with E-state index in [9.17, 15) is 17.2 Å². The van der Waals surface area contributed by atoms with Crippen LogP contribution in [0.15, 0.2) is 51.9 Å². The molecule has 0 aromatic heterocycles. The minimum absolute atomic E-state index is 0.0605. The lowest BCUT2D eigenvalue weighted by Gasteiger charge is -2.13. The summed E-state index contributed by atoms with van der Waals surface area (Å²) in [6.45, 7) is 1.96. The molecule has 1 aliphatic carbocycles. The van der Waals surface area contributed by atoms with Gasteiger partial charge >= 0.3 is 0 Å².